The van der Waals surface area contributed by atoms with Gasteiger partial charge in [0.1, 0.15) is 6.07 Å². The molecular formula is C13H15BrN2. The van der Waals surface area contributed by atoms with Crippen LogP contribution in [0.25, 0.3) is 0 Å². The average Bonchev–Trinajstić information content (AvgIpc) is 2.31. The van der Waals surface area contributed by atoms with Crippen LogP contribution in [0.3, 0.4) is 0 Å². The average molecular weight is 279 g/mol. The summed E-state index contributed by atoms with van der Waals surface area (Å²) in [5, 5.41) is 9.11. The van der Waals surface area contributed by atoms with Gasteiger partial charge < -0.3 is 0 Å². The molecule has 0 saturated heterocycles. The van der Waals surface area contributed by atoms with Crippen molar-refractivity contribution in [3.05, 3.63) is 28.0 Å². The number of nitriles is 1. The van der Waals surface area contributed by atoms with E-state index in [0.29, 0.717) is 5.56 Å². The molecule has 0 N–H and O–H groups in total. The molecule has 1 aliphatic carbocycles. The number of hydrogen-bond acceptors (Lipinski definition) is 2. The van der Waals surface area contributed by atoms with Crippen LogP contribution >= 0.6 is 15.9 Å². The van der Waals surface area contributed by atoms with Crippen LogP contribution in [0.15, 0.2) is 16.7 Å². The lowest BCUT2D eigenvalue weighted by molar-refractivity contribution is 0.354. The molecule has 0 aliphatic heterocycles. The Kier molecular flexibility index (Phi) is 3.95. The zero-order valence-electron chi connectivity index (χ0n) is 9.25. The lowest BCUT2D eigenvalue weighted by Crippen LogP contribution is -2.11. The Hall–Kier alpha value is -0.880. The molecule has 1 aromatic rings. The van der Waals surface area contributed by atoms with Crippen molar-refractivity contribution < 1.29 is 0 Å². The number of pyridine rings is 1. The molecule has 0 unspecified atom stereocenters. The molecule has 0 amide bonds. The van der Waals surface area contributed by atoms with Gasteiger partial charge in [-0.2, -0.15) is 5.26 Å². The van der Waals surface area contributed by atoms with Crippen molar-refractivity contribution in [1.82, 2.24) is 4.98 Å². The summed E-state index contributed by atoms with van der Waals surface area (Å²) in [6, 6.07) is 4.08. The second-order valence-electron chi connectivity index (χ2n) is 4.43. The molecule has 3 heteroatoms. The number of rotatable bonds is 2. The number of nitrogens with zero attached hydrogens (tertiary/aromatic N) is 2. The maximum Gasteiger partial charge on any atom is 0.102 e. The van der Waals surface area contributed by atoms with Gasteiger partial charge in [0.25, 0.3) is 0 Å². The predicted molar refractivity (Wildman–Crippen MR) is 66.9 cm³/mol. The predicted octanol–water partition coefficient (Wildman–Crippen LogP) is 3.84. The third kappa shape index (κ3) is 2.62. The standard InChI is InChI=1S/C13H15BrN2/c14-12-6-7-16-13(11(12)9-15)8-10-4-2-1-3-5-10/h6-7,10H,1-5,8H2. The highest BCUT2D eigenvalue weighted by atomic mass is 79.9. The van der Waals surface area contributed by atoms with Gasteiger partial charge in [-0.1, -0.05) is 32.1 Å². The van der Waals surface area contributed by atoms with Crippen LogP contribution in [0.4, 0.5) is 0 Å². The highest BCUT2D eigenvalue weighted by Gasteiger charge is 2.17. The highest BCUT2D eigenvalue weighted by Crippen LogP contribution is 2.28. The Labute approximate surface area is 105 Å². The summed E-state index contributed by atoms with van der Waals surface area (Å²) in [6.45, 7) is 0. The van der Waals surface area contributed by atoms with Crippen LogP contribution in [0.2, 0.25) is 0 Å². The smallest absolute Gasteiger partial charge is 0.102 e. The fourth-order valence-electron chi connectivity index (χ4n) is 2.42. The van der Waals surface area contributed by atoms with Gasteiger partial charge in [-0.05, 0) is 34.3 Å². The van der Waals surface area contributed by atoms with Crippen LogP contribution in [0, 0.1) is 17.2 Å². The summed E-state index contributed by atoms with van der Waals surface area (Å²) >= 11 is 3.41. The van der Waals surface area contributed by atoms with E-state index in [0.717, 1.165) is 22.5 Å². The normalized spacial score (nSPS) is 17.0. The maximum atomic E-state index is 9.11. The van der Waals surface area contributed by atoms with E-state index < -0.39 is 0 Å². The SMILES string of the molecule is N#Cc1c(Br)ccnc1CC1CCCCC1. The second kappa shape index (κ2) is 5.45. The van der Waals surface area contributed by atoms with Gasteiger partial charge in [-0.15, -0.1) is 0 Å². The molecule has 1 heterocycles. The molecule has 1 fully saturated rings. The van der Waals surface area contributed by atoms with Gasteiger partial charge in [0.2, 0.25) is 0 Å². The monoisotopic (exact) mass is 278 g/mol. The number of aromatic nitrogens is 1. The largest absolute Gasteiger partial charge is 0.260 e. The van der Waals surface area contributed by atoms with Crippen LogP contribution in [-0.2, 0) is 6.42 Å². The Morgan fingerprint density at radius 1 is 1.38 bits per heavy atom. The molecule has 84 valence electrons. The van der Waals surface area contributed by atoms with E-state index in [9.17, 15) is 0 Å². The van der Waals surface area contributed by atoms with Crippen LogP contribution in [0.5, 0.6) is 0 Å². The van der Waals surface area contributed by atoms with Gasteiger partial charge in [0.15, 0.2) is 0 Å². The molecule has 1 aromatic heterocycles. The Balaban J connectivity index is 2.14. The van der Waals surface area contributed by atoms with Crippen molar-refractivity contribution in [2.75, 3.05) is 0 Å². The quantitative estimate of drug-likeness (QED) is 0.824. The third-order valence-corrected chi connectivity index (χ3v) is 3.96. The minimum atomic E-state index is 0.716. The van der Waals surface area contributed by atoms with E-state index in [2.05, 4.69) is 27.0 Å². The van der Waals surface area contributed by atoms with E-state index >= 15 is 0 Å². The fourth-order valence-corrected chi connectivity index (χ4v) is 2.85. The van der Waals surface area contributed by atoms with Gasteiger partial charge >= 0.3 is 0 Å². The van der Waals surface area contributed by atoms with E-state index in [4.69, 9.17) is 5.26 Å². The zero-order chi connectivity index (χ0) is 11.4. The molecule has 0 atom stereocenters. The van der Waals surface area contributed by atoms with Crippen molar-refractivity contribution in [1.29, 1.82) is 5.26 Å². The van der Waals surface area contributed by atoms with Crippen LogP contribution in [-0.4, -0.2) is 4.98 Å². The van der Waals surface area contributed by atoms with Crippen molar-refractivity contribution >= 4 is 15.9 Å². The molecule has 2 rings (SSSR count). The van der Waals surface area contributed by atoms with Gasteiger partial charge in [-0.25, -0.2) is 0 Å². The van der Waals surface area contributed by atoms with Gasteiger partial charge in [0, 0.05) is 10.7 Å². The van der Waals surface area contributed by atoms with Crippen LogP contribution in [0.1, 0.15) is 43.4 Å². The van der Waals surface area contributed by atoms with Gasteiger partial charge in [-0.3, -0.25) is 4.98 Å². The molecule has 16 heavy (non-hydrogen) atoms. The fraction of sp³-hybridized carbons (Fsp3) is 0.538. The first-order chi connectivity index (χ1) is 7.81. The van der Waals surface area contributed by atoms with Crippen molar-refractivity contribution in [2.24, 2.45) is 5.92 Å². The number of halogens is 1. The molecular weight excluding hydrogens is 264 g/mol. The van der Waals surface area contributed by atoms with E-state index in [1.165, 1.54) is 32.1 Å². The first-order valence-electron chi connectivity index (χ1n) is 5.84. The van der Waals surface area contributed by atoms with Crippen molar-refractivity contribution in [2.45, 2.75) is 38.5 Å². The summed E-state index contributed by atoms with van der Waals surface area (Å²) in [6.07, 6.45) is 9.36. The van der Waals surface area contributed by atoms with Crippen LogP contribution < -0.4 is 0 Å². The lowest BCUT2D eigenvalue weighted by atomic mass is 9.85. The van der Waals surface area contributed by atoms with Crippen molar-refractivity contribution in [3.63, 3.8) is 0 Å². The summed E-state index contributed by atoms with van der Waals surface area (Å²) in [7, 11) is 0. The first kappa shape index (κ1) is 11.6. The second-order valence-corrected chi connectivity index (χ2v) is 5.29. The summed E-state index contributed by atoms with van der Waals surface area (Å²) in [5.74, 6) is 0.725. The molecule has 1 saturated carbocycles. The lowest BCUT2D eigenvalue weighted by Gasteiger charge is -2.21. The molecule has 2 nitrogen and oxygen atoms in total. The molecule has 0 bridgehead atoms. The van der Waals surface area contributed by atoms with Gasteiger partial charge in [0.05, 0.1) is 11.3 Å². The topological polar surface area (TPSA) is 36.7 Å². The number of hydrogen-bond donors (Lipinski definition) is 0. The molecule has 0 aromatic carbocycles. The first-order valence-corrected chi connectivity index (χ1v) is 6.64. The Bertz CT molecular complexity index is 403. The van der Waals surface area contributed by atoms with E-state index in [1.807, 2.05) is 6.07 Å². The minimum absolute atomic E-state index is 0.716. The molecule has 1 aliphatic rings. The van der Waals surface area contributed by atoms with Crippen molar-refractivity contribution in [3.8, 4) is 6.07 Å². The van der Waals surface area contributed by atoms with E-state index in [1.54, 1.807) is 6.20 Å². The maximum absolute atomic E-state index is 9.11. The summed E-state index contributed by atoms with van der Waals surface area (Å²) < 4.78 is 0.871. The molecule has 0 spiro atoms. The van der Waals surface area contributed by atoms with E-state index in [-0.39, 0.29) is 0 Å². The molecule has 0 radical (unpaired) electrons. The summed E-state index contributed by atoms with van der Waals surface area (Å²) in [4.78, 5) is 4.35. The summed E-state index contributed by atoms with van der Waals surface area (Å²) in [5.41, 5.74) is 1.68. The Morgan fingerprint density at radius 3 is 2.81 bits per heavy atom. The third-order valence-electron chi connectivity index (χ3n) is 3.30. The Morgan fingerprint density at radius 2 is 2.12 bits per heavy atom. The highest BCUT2D eigenvalue weighted by molar-refractivity contribution is 9.10. The minimum Gasteiger partial charge on any atom is -0.260 e. The zero-order valence-corrected chi connectivity index (χ0v) is 10.8.